The fraction of sp³-hybridized carbons (Fsp3) is 0.727. The fourth-order valence-electron chi connectivity index (χ4n) is 2.26. The number of nitrogens with one attached hydrogen (secondary N) is 1. The highest BCUT2D eigenvalue weighted by atomic mass is 32.2. The summed E-state index contributed by atoms with van der Waals surface area (Å²) in [6.45, 7) is 1.50. The average Bonchev–Trinajstić information content (AvgIpc) is 2.98. The maximum Gasteiger partial charge on any atom is 0.243 e. The predicted octanol–water partition coefficient (Wildman–Crippen LogP) is 0.310. The van der Waals surface area contributed by atoms with Gasteiger partial charge in [0, 0.05) is 19.3 Å². The standard InChI is InChI=1S/C11H20N4O2S/c12-5-6-15-9-11(8-13-15)18(16,17)14-7-10-3-1-2-4-10/h8-10,14H,1-7,12H2. The van der Waals surface area contributed by atoms with Gasteiger partial charge in [0.25, 0.3) is 0 Å². The molecule has 1 fully saturated rings. The quantitative estimate of drug-likeness (QED) is 0.780. The Morgan fingerprint density at radius 3 is 2.83 bits per heavy atom. The van der Waals surface area contributed by atoms with Crippen LogP contribution in [0.5, 0.6) is 0 Å². The first-order valence-electron chi connectivity index (χ1n) is 6.34. The van der Waals surface area contributed by atoms with Crippen molar-refractivity contribution >= 4 is 10.0 Å². The van der Waals surface area contributed by atoms with Gasteiger partial charge in [0.05, 0.1) is 12.7 Å². The Labute approximate surface area is 108 Å². The molecule has 1 aliphatic rings. The van der Waals surface area contributed by atoms with Crippen molar-refractivity contribution in [3.8, 4) is 0 Å². The van der Waals surface area contributed by atoms with Gasteiger partial charge in [-0.2, -0.15) is 5.10 Å². The number of rotatable bonds is 6. The highest BCUT2D eigenvalue weighted by Gasteiger charge is 2.20. The molecule has 0 bridgehead atoms. The van der Waals surface area contributed by atoms with Gasteiger partial charge in [-0.3, -0.25) is 4.68 Å². The minimum atomic E-state index is -3.42. The van der Waals surface area contributed by atoms with Crippen LogP contribution < -0.4 is 10.5 Å². The molecule has 1 heterocycles. The summed E-state index contributed by atoms with van der Waals surface area (Å²) in [5.74, 6) is 0.485. The third kappa shape index (κ3) is 3.30. The van der Waals surface area contributed by atoms with Gasteiger partial charge in [0.1, 0.15) is 4.90 Å². The Hall–Kier alpha value is -0.920. The molecule has 1 saturated carbocycles. The van der Waals surface area contributed by atoms with Crippen molar-refractivity contribution in [3.05, 3.63) is 12.4 Å². The van der Waals surface area contributed by atoms with E-state index in [0.29, 0.717) is 25.6 Å². The number of hydrogen-bond acceptors (Lipinski definition) is 4. The summed E-state index contributed by atoms with van der Waals surface area (Å²) in [5.41, 5.74) is 5.39. The Kier molecular flexibility index (Phi) is 4.36. The van der Waals surface area contributed by atoms with E-state index in [1.807, 2.05) is 0 Å². The first-order chi connectivity index (χ1) is 8.62. The summed E-state index contributed by atoms with van der Waals surface area (Å²) >= 11 is 0. The van der Waals surface area contributed by atoms with Crippen LogP contribution in [-0.2, 0) is 16.6 Å². The van der Waals surface area contributed by atoms with E-state index < -0.39 is 10.0 Å². The van der Waals surface area contributed by atoms with Gasteiger partial charge < -0.3 is 5.73 Å². The lowest BCUT2D eigenvalue weighted by Gasteiger charge is -2.09. The molecule has 18 heavy (non-hydrogen) atoms. The van der Waals surface area contributed by atoms with Crippen LogP contribution in [0.2, 0.25) is 0 Å². The van der Waals surface area contributed by atoms with E-state index in [-0.39, 0.29) is 4.90 Å². The van der Waals surface area contributed by atoms with Crippen LogP contribution in [0, 0.1) is 5.92 Å². The molecule has 1 aliphatic carbocycles. The fourth-order valence-corrected chi connectivity index (χ4v) is 3.33. The molecular weight excluding hydrogens is 252 g/mol. The van der Waals surface area contributed by atoms with E-state index in [2.05, 4.69) is 9.82 Å². The molecule has 0 unspecified atom stereocenters. The minimum absolute atomic E-state index is 0.217. The van der Waals surface area contributed by atoms with Gasteiger partial charge in [0.2, 0.25) is 10.0 Å². The SMILES string of the molecule is NCCn1cc(S(=O)(=O)NCC2CCCC2)cn1. The first kappa shape index (κ1) is 13.5. The van der Waals surface area contributed by atoms with Crippen molar-refractivity contribution < 1.29 is 8.42 Å². The summed E-state index contributed by atoms with van der Waals surface area (Å²) in [6.07, 6.45) is 7.54. The molecule has 0 saturated heterocycles. The lowest BCUT2D eigenvalue weighted by Crippen LogP contribution is -2.28. The monoisotopic (exact) mass is 272 g/mol. The second-order valence-electron chi connectivity index (χ2n) is 4.73. The maximum absolute atomic E-state index is 12.0. The summed E-state index contributed by atoms with van der Waals surface area (Å²) in [5, 5.41) is 3.97. The summed E-state index contributed by atoms with van der Waals surface area (Å²) < 4.78 is 28.2. The molecule has 2 rings (SSSR count). The molecule has 102 valence electrons. The van der Waals surface area contributed by atoms with Gasteiger partial charge in [-0.25, -0.2) is 13.1 Å². The summed E-state index contributed by atoms with van der Waals surface area (Å²) in [7, 11) is -3.42. The van der Waals surface area contributed by atoms with Crippen molar-refractivity contribution in [1.29, 1.82) is 0 Å². The molecule has 0 radical (unpaired) electrons. The summed E-state index contributed by atoms with van der Waals surface area (Å²) in [6, 6.07) is 0. The third-order valence-electron chi connectivity index (χ3n) is 3.31. The van der Waals surface area contributed by atoms with E-state index in [1.54, 1.807) is 4.68 Å². The molecule has 6 nitrogen and oxygen atoms in total. The minimum Gasteiger partial charge on any atom is -0.329 e. The molecule has 0 atom stereocenters. The predicted molar refractivity (Wildman–Crippen MR) is 68.4 cm³/mol. The van der Waals surface area contributed by atoms with Crippen LogP contribution in [0.25, 0.3) is 0 Å². The molecule has 0 aromatic carbocycles. The van der Waals surface area contributed by atoms with Crippen LogP contribution in [0.3, 0.4) is 0 Å². The highest BCUT2D eigenvalue weighted by molar-refractivity contribution is 7.89. The van der Waals surface area contributed by atoms with Crippen LogP contribution in [0.4, 0.5) is 0 Å². The molecule has 3 N–H and O–H groups in total. The van der Waals surface area contributed by atoms with Crippen LogP contribution >= 0.6 is 0 Å². The van der Waals surface area contributed by atoms with E-state index >= 15 is 0 Å². The number of sulfonamides is 1. The Morgan fingerprint density at radius 1 is 1.44 bits per heavy atom. The first-order valence-corrected chi connectivity index (χ1v) is 7.82. The number of nitrogens with zero attached hydrogens (tertiary/aromatic N) is 2. The molecule has 7 heteroatoms. The van der Waals surface area contributed by atoms with Gasteiger partial charge >= 0.3 is 0 Å². The van der Waals surface area contributed by atoms with Crippen LogP contribution in [0.1, 0.15) is 25.7 Å². The normalized spacial score (nSPS) is 17.4. The van der Waals surface area contributed by atoms with Crippen molar-refractivity contribution in [2.24, 2.45) is 11.7 Å². The van der Waals surface area contributed by atoms with E-state index in [1.165, 1.54) is 25.2 Å². The lowest BCUT2D eigenvalue weighted by atomic mass is 10.1. The second-order valence-corrected chi connectivity index (χ2v) is 6.50. The summed E-state index contributed by atoms with van der Waals surface area (Å²) in [4.78, 5) is 0.217. The zero-order valence-electron chi connectivity index (χ0n) is 10.4. The molecule has 1 aromatic rings. The third-order valence-corrected chi connectivity index (χ3v) is 4.69. The van der Waals surface area contributed by atoms with Gasteiger partial charge in [-0.1, -0.05) is 12.8 Å². The zero-order chi connectivity index (χ0) is 13.0. The van der Waals surface area contributed by atoms with Crippen molar-refractivity contribution in [2.75, 3.05) is 13.1 Å². The largest absolute Gasteiger partial charge is 0.329 e. The Morgan fingerprint density at radius 2 is 2.17 bits per heavy atom. The number of nitrogens with two attached hydrogens (primary N) is 1. The van der Waals surface area contributed by atoms with E-state index in [0.717, 1.165) is 12.8 Å². The number of hydrogen-bond donors (Lipinski definition) is 2. The zero-order valence-corrected chi connectivity index (χ0v) is 11.2. The molecule has 0 aliphatic heterocycles. The van der Waals surface area contributed by atoms with Crippen LogP contribution in [0.15, 0.2) is 17.3 Å². The van der Waals surface area contributed by atoms with Crippen molar-refractivity contribution in [1.82, 2.24) is 14.5 Å². The smallest absolute Gasteiger partial charge is 0.243 e. The maximum atomic E-state index is 12.0. The molecule has 1 aromatic heterocycles. The molecule has 0 spiro atoms. The Bertz CT molecular complexity index is 477. The average molecular weight is 272 g/mol. The van der Waals surface area contributed by atoms with E-state index in [4.69, 9.17) is 5.73 Å². The van der Waals surface area contributed by atoms with Crippen molar-refractivity contribution in [3.63, 3.8) is 0 Å². The van der Waals surface area contributed by atoms with Crippen molar-refractivity contribution in [2.45, 2.75) is 37.1 Å². The highest BCUT2D eigenvalue weighted by Crippen LogP contribution is 2.24. The topological polar surface area (TPSA) is 90.0 Å². The lowest BCUT2D eigenvalue weighted by molar-refractivity contribution is 0.519. The van der Waals surface area contributed by atoms with E-state index in [9.17, 15) is 8.42 Å². The molecular formula is C11H20N4O2S. The van der Waals surface area contributed by atoms with Crippen LogP contribution in [-0.4, -0.2) is 31.3 Å². The van der Waals surface area contributed by atoms with Gasteiger partial charge in [-0.05, 0) is 18.8 Å². The number of aromatic nitrogens is 2. The van der Waals surface area contributed by atoms with Gasteiger partial charge in [0.15, 0.2) is 0 Å². The molecule has 0 amide bonds. The Balaban J connectivity index is 1.95. The van der Waals surface area contributed by atoms with Gasteiger partial charge in [-0.15, -0.1) is 0 Å². The second kappa shape index (κ2) is 5.81.